The number of nitrogens with zero attached hydrogens (tertiary/aromatic N) is 3. The molecule has 108 valence electrons. The van der Waals surface area contributed by atoms with Crippen molar-refractivity contribution in [3.8, 4) is 11.9 Å². The maximum atomic E-state index is 12.6. The van der Waals surface area contributed by atoms with Crippen LogP contribution in [0.25, 0.3) is 0 Å². The van der Waals surface area contributed by atoms with Gasteiger partial charge >= 0.3 is 0 Å². The zero-order chi connectivity index (χ0) is 15.5. The number of carbonyl (C=O) groups excluding carboxylic acids is 1. The number of hydrogen-bond donors (Lipinski definition) is 0. The van der Waals surface area contributed by atoms with Gasteiger partial charge in [-0.15, -0.1) is 0 Å². The molecule has 2 heterocycles. The minimum Gasteiger partial charge on any atom is -0.446 e. The second-order valence-corrected chi connectivity index (χ2v) is 5.69. The van der Waals surface area contributed by atoms with E-state index in [4.69, 9.17) is 10.00 Å². The lowest BCUT2D eigenvalue weighted by molar-refractivity contribution is -0.137. The minimum atomic E-state index is -0.804. The van der Waals surface area contributed by atoms with E-state index in [-0.39, 0.29) is 17.4 Å². The summed E-state index contributed by atoms with van der Waals surface area (Å²) in [7, 11) is 0. The summed E-state index contributed by atoms with van der Waals surface area (Å²) in [6.07, 6.45) is 2.73. The molecule has 21 heavy (non-hydrogen) atoms. The highest BCUT2D eigenvalue weighted by molar-refractivity contribution is 5.86. The zero-order valence-electron chi connectivity index (χ0n) is 12.3. The van der Waals surface area contributed by atoms with Crippen LogP contribution in [0.1, 0.15) is 32.7 Å². The highest BCUT2D eigenvalue weighted by Gasteiger charge is 2.32. The zero-order valence-corrected chi connectivity index (χ0v) is 12.3. The van der Waals surface area contributed by atoms with Crippen LogP contribution in [-0.4, -0.2) is 15.3 Å². The monoisotopic (exact) mass is 283 g/mol. The van der Waals surface area contributed by atoms with Crippen LogP contribution >= 0.6 is 0 Å². The Hall–Kier alpha value is -2.61. The molecule has 0 aliphatic heterocycles. The molecule has 5 nitrogen and oxygen atoms in total. The van der Waals surface area contributed by atoms with E-state index in [1.54, 1.807) is 35.2 Å². The van der Waals surface area contributed by atoms with E-state index in [0.29, 0.717) is 0 Å². The summed E-state index contributed by atoms with van der Waals surface area (Å²) in [5, 5.41) is 8.88. The number of ketones is 1. The van der Waals surface area contributed by atoms with Gasteiger partial charge in [0, 0.05) is 23.9 Å². The standard InChI is InChI=1S/C16H17N3O2/c1-16(2,3)14(20)15(19-9-4-5-10-19)21-13-8-6-7-12(11-17)18-13/h4-10,15H,1-3H3. The lowest BCUT2D eigenvalue weighted by Crippen LogP contribution is -2.33. The van der Waals surface area contributed by atoms with Gasteiger partial charge in [0.1, 0.15) is 11.8 Å². The first-order chi connectivity index (χ1) is 9.91. The van der Waals surface area contributed by atoms with Crippen molar-refractivity contribution < 1.29 is 9.53 Å². The van der Waals surface area contributed by atoms with Crippen molar-refractivity contribution in [2.45, 2.75) is 27.0 Å². The quantitative estimate of drug-likeness (QED) is 0.865. The van der Waals surface area contributed by atoms with Crippen LogP contribution in [0.2, 0.25) is 0 Å². The summed E-state index contributed by atoms with van der Waals surface area (Å²) in [6.45, 7) is 5.52. The molecule has 0 aliphatic carbocycles. The number of Topliss-reactive ketones (excluding diaryl/α,β-unsaturated/α-hetero) is 1. The Morgan fingerprint density at radius 1 is 1.29 bits per heavy atom. The molecule has 1 unspecified atom stereocenters. The highest BCUT2D eigenvalue weighted by atomic mass is 16.5. The predicted octanol–water partition coefficient (Wildman–Crippen LogP) is 2.95. The first-order valence-corrected chi connectivity index (χ1v) is 6.62. The topological polar surface area (TPSA) is 67.9 Å². The van der Waals surface area contributed by atoms with Crippen molar-refractivity contribution in [2.24, 2.45) is 5.41 Å². The van der Waals surface area contributed by atoms with Gasteiger partial charge in [-0.2, -0.15) is 5.26 Å². The number of hydrogen-bond acceptors (Lipinski definition) is 4. The van der Waals surface area contributed by atoms with Crippen molar-refractivity contribution in [1.82, 2.24) is 9.55 Å². The largest absolute Gasteiger partial charge is 0.446 e. The Morgan fingerprint density at radius 2 is 1.95 bits per heavy atom. The number of pyridine rings is 1. The maximum Gasteiger partial charge on any atom is 0.237 e. The SMILES string of the molecule is CC(C)(C)C(=O)C(Oc1cccc(C#N)n1)n1cccc1. The lowest BCUT2D eigenvalue weighted by atomic mass is 9.89. The fourth-order valence-corrected chi connectivity index (χ4v) is 1.78. The Balaban J connectivity index is 2.33. The molecule has 2 rings (SSSR count). The molecule has 2 aromatic heterocycles. The summed E-state index contributed by atoms with van der Waals surface area (Å²) in [6, 6.07) is 10.5. The van der Waals surface area contributed by atoms with Gasteiger partial charge in [-0.1, -0.05) is 26.8 Å². The summed E-state index contributed by atoms with van der Waals surface area (Å²) in [4.78, 5) is 16.6. The summed E-state index contributed by atoms with van der Waals surface area (Å²) < 4.78 is 7.43. The third kappa shape index (κ3) is 3.48. The molecule has 0 amide bonds. The van der Waals surface area contributed by atoms with Gasteiger partial charge in [0.15, 0.2) is 5.78 Å². The van der Waals surface area contributed by atoms with Gasteiger partial charge in [-0.3, -0.25) is 4.79 Å². The van der Waals surface area contributed by atoms with Gasteiger partial charge < -0.3 is 9.30 Å². The molecule has 0 radical (unpaired) electrons. The van der Waals surface area contributed by atoms with Crippen molar-refractivity contribution in [2.75, 3.05) is 0 Å². The summed E-state index contributed by atoms with van der Waals surface area (Å²) in [5.41, 5.74) is -0.302. The van der Waals surface area contributed by atoms with E-state index in [2.05, 4.69) is 4.98 Å². The molecule has 0 aliphatic rings. The molecule has 2 aromatic rings. The van der Waals surface area contributed by atoms with E-state index < -0.39 is 11.6 Å². The van der Waals surface area contributed by atoms with Crippen molar-refractivity contribution in [1.29, 1.82) is 5.26 Å². The smallest absolute Gasteiger partial charge is 0.237 e. The minimum absolute atomic E-state index is 0.0668. The number of aromatic nitrogens is 2. The van der Waals surface area contributed by atoms with Crippen LogP contribution in [0.5, 0.6) is 5.88 Å². The molecule has 0 aromatic carbocycles. The van der Waals surface area contributed by atoms with Crippen molar-refractivity contribution >= 4 is 5.78 Å². The molecular formula is C16H17N3O2. The van der Waals surface area contributed by atoms with E-state index in [9.17, 15) is 4.79 Å². The molecule has 0 bridgehead atoms. The molecule has 0 spiro atoms. The summed E-state index contributed by atoms with van der Waals surface area (Å²) in [5.74, 6) is 0.188. The van der Waals surface area contributed by atoms with Gasteiger partial charge in [-0.25, -0.2) is 4.98 Å². The fourth-order valence-electron chi connectivity index (χ4n) is 1.78. The van der Waals surface area contributed by atoms with Crippen LogP contribution in [-0.2, 0) is 4.79 Å². The molecule has 0 fully saturated rings. The van der Waals surface area contributed by atoms with Gasteiger partial charge in [0.2, 0.25) is 12.1 Å². The molecular weight excluding hydrogens is 266 g/mol. The van der Waals surface area contributed by atoms with Crippen LogP contribution in [0.4, 0.5) is 0 Å². The van der Waals surface area contributed by atoms with Crippen molar-refractivity contribution in [3.05, 3.63) is 48.4 Å². The average molecular weight is 283 g/mol. The summed E-state index contributed by atoms with van der Waals surface area (Å²) >= 11 is 0. The first-order valence-electron chi connectivity index (χ1n) is 6.62. The molecule has 0 saturated heterocycles. The van der Waals surface area contributed by atoms with Crippen LogP contribution in [0.3, 0.4) is 0 Å². The van der Waals surface area contributed by atoms with Gasteiger partial charge in [0.05, 0.1) is 0 Å². The lowest BCUT2D eigenvalue weighted by Gasteiger charge is -2.25. The van der Waals surface area contributed by atoms with Crippen LogP contribution in [0.15, 0.2) is 42.7 Å². The third-order valence-electron chi connectivity index (χ3n) is 2.93. The van der Waals surface area contributed by atoms with Gasteiger partial charge in [-0.05, 0) is 18.2 Å². The Kier molecular flexibility index (Phi) is 4.08. The fraction of sp³-hybridized carbons (Fsp3) is 0.312. The second kappa shape index (κ2) is 5.80. The molecule has 0 N–H and O–H groups in total. The van der Waals surface area contributed by atoms with E-state index in [1.165, 1.54) is 0 Å². The Morgan fingerprint density at radius 3 is 2.52 bits per heavy atom. The molecule has 0 saturated carbocycles. The first kappa shape index (κ1) is 14.8. The van der Waals surface area contributed by atoms with Crippen LogP contribution in [0, 0.1) is 16.7 Å². The van der Waals surface area contributed by atoms with E-state index >= 15 is 0 Å². The molecule has 5 heteroatoms. The Labute approximate surface area is 123 Å². The van der Waals surface area contributed by atoms with E-state index in [0.717, 1.165) is 0 Å². The third-order valence-corrected chi connectivity index (χ3v) is 2.93. The molecule has 1 atom stereocenters. The average Bonchev–Trinajstić information content (AvgIpc) is 2.97. The highest BCUT2D eigenvalue weighted by Crippen LogP contribution is 2.26. The second-order valence-electron chi connectivity index (χ2n) is 5.69. The van der Waals surface area contributed by atoms with Crippen molar-refractivity contribution in [3.63, 3.8) is 0 Å². The number of rotatable bonds is 4. The number of carbonyl (C=O) groups is 1. The number of ether oxygens (including phenoxy) is 1. The normalized spacial score (nSPS) is 12.5. The maximum absolute atomic E-state index is 12.6. The predicted molar refractivity (Wildman–Crippen MR) is 77.5 cm³/mol. The number of nitriles is 1. The van der Waals surface area contributed by atoms with Crippen LogP contribution < -0.4 is 4.74 Å². The van der Waals surface area contributed by atoms with Gasteiger partial charge in [0.25, 0.3) is 0 Å². The van der Waals surface area contributed by atoms with E-state index in [1.807, 2.05) is 39.0 Å². The Bertz CT molecular complexity index is 664.